The Morgan fingerprint density at radius 3 is 2.36 bits per heavy atom. The first-order valence-electron chi connectivity index (χ1n) is 7.53. The van der Waals surface area contributed by atoms with E-state index < -0.39 is 0 Å². The Bertz CT molecular complexity index is 705. The largest absolute Gasteiger partial charge is 0.408 e. The molecule has 0 N–H and O–H groups in total. The topological polar surface area (TPSA) is 32.4 Å². The fourth-order valence-electron chi connectivity index (χ4n) is 2.77. The van der Waals surface area contributed by atoms with Gasteiger partial charge in [-0.25, -0.2) is 4.79 Å². The predicted octanol–water partition coefficient (Wildman–Crippen LogP) is 4.22. The quantitative estimate of drug-likeness (QED) is 0.779. The van der Waals surface area contributed by atoms with Crippen molar-refractivity contribution in [2.45, 2.75) is 25.4 Å². The second-order valence-corrected chi connectivity index (χ2v) is 5.48. The zero-order chi connectivity index (χ0) is 15.4. The van der Waals surface area contributed by atoms with Gasteiger partial charge in [0.1, 0.15) is 6.04 Å². The van der Waals surface area contributed by atoms with E-state index in [2.05, 4.69) is 41.5 Å². The summed E-state index contributed by atoms with van der Waals surface area (Å²) >= 11 is 0. The molecule has 22 heavy (non-hydrogen) atoms. The average molecular weight is 291 g/mol. The number of carbonyl (C=O) groups excluding carboxylic acids is 1. The minimum absolute atomic E-state index is 0.00976. The fourth-order valence-corrected chi connectivity index (χ4v) is 2.77. The number of benzene rings is 2. The summed E-state index contributed by atoms with van der Waals surface area (Å²) in [5.41, 5.74) is 2.28. The molecule has 0 unspecified atom stereocenters. The van der Waals surface area contributed by atoms with Crippen LogP contribution in [0.4, 0.5) is 0 Å². The molecule has 110 valence electrons. The molecule has 0 saturated carbocycles. The third-order valence-electron chi connectivity index (χ3n) is 3.85. The van der Waals surface area contributed by atoms with Gasteiger partial charge in [-0.1, -0.05) is 72.8 Å². The summed E-state index contributed by atoms with van der Waals surface area (Å²) in [5.74, 6) is -0.00976. The van der Waals surface area contributed by atoms with Crippen LogP contribution in [0.2, 0.25) is 0 Å². The van der Waals surface area contributed by atoms with Crippen molar-refractivity contribution in [3.8, 4) is 0 Å². The van der Waals surface area contributed by atoms with Crippen LogP contribution in [0, 0.1) is 0 Å². The van der Waals surface area contributed by atoms with Crippen LogP contribution in [0.1, 0.15) is 30.5 Å². The van der Waals surface area contributed by atoms with Gasteiger partial charge in [-0.3, -0.25) is 0 Å². The molecule has 0 saturated heterocycles. The first-order chi connectivity index (χ1) is 10.7. The minimum Gasteiger partial charge on any atom is -0.217 e. The average Bonchev–Trinajstić information content (AvgIpc) is 2.99. The van der Waals surface area contributed by atoms with E-state index in [1.165, 1.54) is 0 Å². The van der Waals surface area contributed by atoms with Gasteiger partial charge in [0, 0.05) is 12.0 Å². The number of nitrogens with zero attached hydrogens (tertiary/aromatic N) is 2. The van der Waals surface area contributed by atoms with Gasteiger partial charge in [0.25, 0.3) is 0 Å². The van der Waals surface area contributed by atoms with Crippen molar-refractivity contribution in [1.29, 1.82) is 0 Å². The molecule has 0 bridgehead atoms. The van der Waals surface area contributed by atoms with Crippen LogP contribution in [0.25, 0.3) is 6.08 Å². The lowest BCUT2D eigenvalue weighted by Gasteiger charge is -2.04. The lowest BCUT2D eigenvalue weighted by molar-refractivity contribution is -0.541. The van der Waals surface area contributed by atoms with Crippen LogP contribution in [-0.4, -0.2) is 16.6 Å². The van der Waals surface area contributed by atoms with Gasteiger partial charge in [0.05, 0.1) is 6.92 Å². The molecule has 3 heteroatoms. The predicted molar refractivity (Wildman–Crippen MR) is 86.4 cm³/mol. The van der Waals surface area contributed by atoms with E-state index in [4.69, 9.17) is 0 Å². The van der Waals surface area contributed by atoms with Crippen molar-refractivity contribution in [1.82, 2.24) is 0 Å². The van der Waals surface area contributed by atoms with E-state index in [0.29, 0.717) is 0 Å². The molecule has 3 rings (SSSR count). The van der Waals surface area contributed by atoms with Crippen molar-refractivity contribution in [3.63, 3.8) is 0 Å². The second-order valence-electron chi connectivity index (χ2n) is 5.48. The smallest absolute Gasteiger partial charge is 0.217 e. The van der Waals surface area contributed by atoms with E-state index in [0.717, 1.165) is 17.5 Å². The lowest BCUT2D eigenvalue weighted by atomic mass is 10.0. The highest BCUT2D eigenvalue weighted by atomic mass is 16.2. The first-order valence-corrected chi connectivity index (χ1v) is 7.53. The summed E-state index contributed by atoms with van der Waals surface area (Å²) in [4.78, 5) is 11.9. The summed E-state index contributed by atoms with van der Waals surface area (Å²) in [6.07, 6.45) is 4.97. The molecule has 1 amide bonds. The second kappa shape index (κ2) is 6.48. The molecule has 2 aromatic carbocycles. The van der Waals surface area contributed by atoms with Crippen LogP contribution >= 0.6 is 0 Å². The SMILES string of the molecule is CC(=O)[N+]1=N[C@@H](/C=C/c2ccccc2)C[C@H]1c1ccccc1. The van der Waals surface area contributed by atoms with Crippen molar-refractivity contribution >= 4 is 12.0 Å². The summed E-state index contributed by atoms with van der Waals surface area (Å²) in [6, 6.07) is 20.3. The van der Waals surface area contributed by atoms with E-state index >= 15 is 0 Å². The van der Waals surface area contributed by atoms with Gasteiger partial charge in [-0.2, -0.15) is 0 Å². The molecule has 0 aliphatic carbocycles. The third kappa shape index (κ3) is 3.19. The number of amides is 1. The monoisotopic (exact) mass is 291 g/mol. The summed E-state index contributed by atoms with van der Waals surface area (Å²) < 4.78 is 1.62. The highest BCUT2D eigenvalue weighted by Gasteiger charge is 2.38. The summed E-state index contributed by atoms with van der Waals surface area (Å²) in [5, 5.41) is 4.56. The number of hydrogen-bond donors (Lipinski definition) is 0. The minimum atomic E-state index is -0.00976. The van der Waals surface area contributed by atoms with Gasteiger partial charge in [-0.05, 0) is 15.4 Å². The fraction of sp³-hybridized carbons (Fsp3) is 0.211. The zero-order valence-corrected chi connectivity index (χ0v) is 12.6. The highest BCUT2D eigenvalue weighted by Crippen LogP contribution is 2.30. The molecule has 2 aromatic rings. The maximum absolute atomic E-state index is 11.9. The Hall–Kier alpha value is -2.55. The highest BCUT2D eigenvalue weighted by molar-refractivity contribution is 5.63. The van der Waals surface area contributed by atoms with Gasteiger partial charge in [0.2, 0.25) is 6.04 Å². The normalized spacial score (nSPS) is 21.0. The zero-order valence-electron chi connectivity index (χ0n) is 12.6. The van der Waals surface area contributed by atoms with Crippen molar-refractivity contribution < 1.29 is 9.49 Å². The Morgan fingerprint density at radius 1 is 1.09 bits per heavy atom. The Labute approximate surface area is 130 Å². The lowest BCUT2D eigenvalue weighted by Crippen LogP contribution is -2.17. The molecule has 3 nitrogen and oxygen atoms in total. The van der Waals surface area contributed by atoms with Gasteiger partial charge >= 0.3 is 5.91 Å². The molecule has 1 heterocycles. The number of azo groups is 2. The molecule has 0 spiro atoms. The van der Waals surface area contributed by atoms with Gasteiger partial charge < -0.3 is 0 Å². The molecule has 0 aromatic heterocycles. The van der Waals surface area contributed by atoms with E-state index in [9.17, 15) is 4.79 Å². The van der Waals surface area contributed by atoms with E-state index in [1.54, 1.807) is 11.6 Å². The molecule has 2 atom stereocenters. The molecular formula is C19H19N2O+. The maximum Gasteiger partial charge on any atom is 0.408 e. The molecule has 0 radical (unpaired) electrons. The Kier molecular flexibility index (Phi) is 4.24. The molecular weight excluding hydrogens is 272 g/mol. The number of hydrogen-bond acceptors (Lipinski definition) is 2. The van der Waals surface area contributed by atoms with E-state index in [-0.39, 0.29) is 18.0 Å². The maximum atomic E-state index is 11.9. The molecule has 1 aliphatic heterocycles. The Morgan fingerprint density at radius 2 is 1.73 bits per heavy atom. The van der Waals surface area contributed by atoms with Gasteiger partial charge in [0.15, 0.2) is 0 Å². The van der Waals surface area contributed by atoms with Crippen LogP contribution in [-0.2, 0) is 4.79 Å². The van der Waals surface area contributed by atoms with Crippen molar-refractivity contribution in [3.05, 3.63) is 77.9 Å². The number of rotatable bonds is 3. The summed E-state index contributed by atoms with van der Waals surface area (Å²) in [6.45, 7) is 1.57. The summed E-state index contributed by atoms with van der Waals surface area (Å²) in [7, 11) is 0. The standard InChI is InChI=1S/C19H19N2O/c1-15(22)21-19(17-10-6-3-7-11-17)14-18(20-21)13-12-16-8-4-2-5-9-16/h2-13,18-19H,14H2,1H3/q+1/b13-12+/t18-,19-/m0/s1. The van der Waals surface area contributed by atoms with Crippen LogP contribution < -0.4 is 0 Å². The van der Waals surface area contributed by atoms with Crippen LogP contribution in [0.15, 0.2) is 71.9 Å². The third-order valence-corrected chi connectivity index (χ3v) is 3.85. The van der Waals surface area contributed by atoms with Crippen LogP contribution in [0.3, 0.4) is 0 Å². The van der Waals surface area contributed by atoms with Crippen molar-refractivity contribution in [2.24, 2.45) is 5.11 Å². The van der Waals surface area contributed by atoms with E-state index in [1.807, 2.05) is 36.4 Å². The number of carbonyl (C=O) groups is 1. The molecule has 1 aliphatic rings. The first kappa shape index (κ1) is 14.4. The van der Waals surface area contributed by atoms with Gasteiger partial charge in [-0.15, -0.1) is 0 Å². The Balaban J connectivity index is 1.81. The van der Waals surface area contributed by atoms with Crippen molar-refractivity contribution in [2.75, 3.05) is 0 Å². The van der Waals surface area contributed by atoms with Crippen LogP contribution in [0.5, 0.6) is 0 Å². The molecule has 0 fully saturated rings.